The number of nitrogens with two attached hydrogens (primary N) is 1. The molecule has 0 unspecified atom stereocenters. The van der Waals surface area contributed by atoms with Crippen LogP contribution in [0, 0.1) is 10.1 Å². The van der Waals surface area contributed by atoms with E-state index in [1.54, 1.807) is 12.1 Å². The molecular formula is C11H13N5O2. The van der Waals surface area contributed by atoms with E-state index in [4.69, 9.17) is 5.73 Å². The van der Waals surface area contributed by atoms with Gasteiger partial charge < -0.3 is 5.73 Å². The molecule has 18 heavy (non-hydrogen) atoms. The highest BCUT2D eigenvalue weighted by atomic mass is 16.6. The number of anilines is 1. The van der Waals surface area contributed by atoms with E-state index in [1.807, 2.05) is 13.8 Å². The van der Waals surface area contributed by atoms with Crippen LogP contribution in [-0.2, 0) is 0 Å². The number of nitrogens with zero attached hydrogens (tertiary/aromatic N) is 4. The van der Waals surface area contributed by atoms with E-state index < -0.39 is 4.92 Å². The van der Waals surface area contributed by atoms with Crippen molar-refractivity contribution < 1.29 is 4.92 Å². The lowest BCUT2D eigenvalue weighted by atomic mass is 10.1. The topological polar surface area (TPSA) is 99.9 Å². The minimum atomic E-state index is -0.446. The van der Waals surface area contributed by atoms with Crippen molar-refractivity contribution in [2.45, 2.75) is 19.8 Å². The van der Waals surface area contributed by atoms with Gasteiger partial charge in [0.25, 0.3) is 5.69 Å². The lowest BCUT2D eigenvalue weighted by molar-refractivity contribution is -0.384. The molecule has 2 rings (SSSR count). The van der Waals surface area contributed by atoms with Crippen molar-refractivity contribution in [2.75, 3.05) is 5.73 Å². The van der Waals surface area contributed by atoms with Gasteiger partial charge >= 0.3 is 0 Å². The second-order valence-corrected chi connectivity index (χ2v) is 4.20. The van der Waals surface area contributed by atoms with Crippen molar-refractivity contribution in [1.29, 1.82) is 0 Å². The first-order valence-corrected chi connectivity index (χ1v) is 5.46. The molecule has 0 amide bonds. The summed E-state index contributed by atoms with van der Waals surface area (Å²) >= 11 is 0. The summed E-state index contributed by atoms with van der Waals surface area (Å²) in [5.74, 6) is 0.468. The monoisotopic (exact) mass is 247 g/mol. The third kappa shape index (κ3) is 2.02. The maximum atomic E-state index is 10.7. The van der Waals surface area contributed by atoms with Gasteiger partial charge in [0, 0.05) is 12.1 Å². The molecule has 0 bridgehead atoms. The summed E-state index contributed by atoms with van der Waals surface area (Å²) in [5.41, 5.74) is 7.09. The van der Waals surface area contributed by atoms with E-state index in [9.17, 15) is 10.1 Å². The lowest BCUT2D eigenvalue weighted by Gasteiger charge is -2.09. The van der Waals surface area contributed by atoms with Crippen LogP contribution in [0.3, 0.4) is 0 Å². The number of hydrogen-bond donors (Lipinski definition) is 1. The molecule has 94 valence electrons. The predicted octanol–water partition coefficient (Wildman–Crippen LogP) is 1.88. The van der Waals surface area contributed by atoms with E-state index in [0.29, 0.717) is 11.5 Å². The molecule has 0 aliphatic heterocycles. The van der Waals surface area contributed by atoms with E-state index in [-0.39, 0.29) is 11.6 Å². The first-order valence-electron chi connectivity index (χ1n) is 5.46. The Bertz CT molecular complexity index is 591. The van der Waals surface area contributed by atoms with Crippen LogP contribution < -0.4 is 5.73 Å². The van der Waals surface area contributed by atoms with Gasteiger partial charge in [-0.3, -0.25) is 10.1 Å². The maximum Gasteiger partial charge on any atom is 0.271 e. The Kier molecular flexibility index (Phi) is 2.97. The molecule has 0 saturated heterocycles. The summed E-state index contributed by atoms with van der Waals surface area (Å²) in [4.78, 5) is 10.3. The van der Waals surface area contributed by atoms with Gasteiger partial charge in [-0.2, -0.15) is 0 Å². The van der Waals surface area contributed by atoms with Crippen LogP contribution in [0.25, 0.3) is 5.69 Å². The second-order valence-electron chi connectivity index (χ2n) is 4.20. The minimum Gasteiger partial charge on any atom is -0.381 e. The van der Waals surface area contributed by atoms with E-state index in [2.05, 4.69) is 10.3 Å². The van der Waals surface area contributed by atoms with Crippen LogP contribution in [0.1, 0.15) is 25.5 Å². The van der Waals surface area contributed by atoms with Crippen molar-refractivity contribution in [2.24, 2.45) is 0 Å². The highest BCUT2D eigenvalue weighted by molar-refractivity contribution is 5.47. The summed E-state index contributed by atoms with van der Waals surface area (Å²) in [5, 5.41) is 18.5. The third-order valence-corrected chi connectivity index (χ3v) is 2.56. The molecule has 0 fully saturated rings. The van der Waals surface area contributed by atoms with Gasteiger partial charge in [0.1, 0.15) is 0 Å². The Labute approximate surface area is 103 Å². The van der Waals surface area contributed by atoms with Gasteiger partial charge in [0.15, 0.2) is 5.82 Å². The summed E-state index contributed by atoms with van der Waals surface area (Å²) in [7, 11) is 0. The van der Waals surface area contributed by atoms with Crippen LogP contribution in [0.2, 0.25) is 0 Å². The highest BCUT2D eigenvalue weighted by Crippen LogP contribution is 2.24. The number of nitro groups is 1. The molecule has 0 saturated carbocycles. The predicted molar refractivity (Wildman–Crippen MR) is 66.5 cm³/mol. The number of non-ortho nitro benzene ring substituents is 1. The number of hydrogen-bond acceptors (Lipinski definition) is 5. The fraction of sp³-hybridized carbons (Fsp3) is 0.273. The van der Waals surface area contributed by atoms with Crippen LogP contribution in [-0.4, -0.2) is 19.9 Å². The number of benzene rings is 1. The minimum absolute atomic E-state index is 0.0104. The Balaban J connectivity index is 2.55. The average molecular weight is 247 g/mol. The molecule has 0 spiro atoms. The Hall–Kier alpha value is -2.44. The van der Waals surface area contributed by atoms with E-state index in [1.165, 1.54) is 16.8 Å². The SMILES string of the molecule is CC(C)c1c(N)nnn1-c1cccc([N+](=O)[O-])c1. The summed E-state index contributed by atoms with van der Waals surface area (Å²) in [6.45, 7) is 3.92. The Morgan fingerprint density at radius 1 is 1.44 bits per heavy atom. The van der Waals surface area contributed by atoms with Crippen molar-refractivity contribution in [1.82, 2.24) is 15.0 Å². The van der Waals surface area contributed by atoms with Crippen molar-refractivity contribution >= 4 is 11.5 Å². The summed E-state index contributed by atoms with van der Waals surface area (Å²) in [6.07, 6.45) is 0. The van der Waals surface area contributed by atoms with Gasteiger partial charge in [0.2, 0.25) is 0 Å². The molecule has 7 nitrogen and oxygen atoms in total. The molecular weight excluding hydrogens is 234 g/mol. The summed E-state index contributed by atoms with van der Waals surface area (Å²) < 4.78 is 1.53. The Morgan fingerprint density at radius 3 is 2.78 bits per heavy atom. The third-order valence-electron chi connectivity index (χ3n) is 2.56. The zero-order chi connectivity index (χ0) is 13.3. The number of rotatable bonds is 3. The van der Waals surface area contributed by atoms with Gasteiger partial charge in [0.05, 0.1) is 16.3 Å². The van der Waals surface area contributed by atoms with Gasteiger partial charge in [-0.05, 0) is 12.0 Å². The largest absolute Gasteiger partial charge is 0.381 e. The fourth-order valence-corrected chi connectivity index (χ4v) is 1.77. The smallest absolute Gasteiger partial charge is 0.271 e. The van der Waals surface area contributed by atoms with Gasteiger partial charge in [-0.1, -0.05) is 25.1 Å². The van der Waals surface area contributed by atoms with Crippen molar-refractivity contribution in [3.63, 3.8) is 0 Å². The second kappa shape index (κ2) is 4.44. The highest BCUT2D eigenvalue weighted by Gasteiger charge is 2.16. The molecule has 0 atom stereocenters. The molecule has 7 heteroatoms. The van der Waals surface area contributed by atoms with Gasteiger partial charge in [-0.25, -0.2) is 4.68 Å². The molecule has 2 N–H and O–H groups in total. The average Bonchev–Trinajstić information content (AvgIpc) is 2.71. The molecule has 2 aromatic rings. The first-order chi connectivity index (χ1) is 8.50. The standard InChI is InChI=1S/C11H13N5O2/c1-7(2)10-11(12)13-14-15(10)8-4-3-5-9(6-8)16(17)18/h3-7H,12H2,1-2H3. The number of nitro benzene ring substituents is 1. The van der Waals surface area contributed by atoms with Crippen LogP contribution >= 0.6 is 0 Å². The van der Waals surface area contributed by atoms with Crippen molar-refractivity contribution in [3.8, 4) is 5.69 Å². The van der Waals surface area contributed by atoms with Crippen molar-refractivity contribution in [3.05, 3.63) is 40.1 Å². The maximum absolute atomic E-state index is 10.7. The molecule has 1 aromatic heterocycles. The number of aromatic nitrogens is 3. The fourth-order valence-electron chi connectivity index (χ4n) is 1.77. The Morgan fingerprint density at radius 2 is 2.17 bits per heavy atom. The molecule has 0 aliphatic carbocycles. The summed E-state index contributed by atoms with van der Waals surface area (Å²) in [6, 6.07) is 6.21. The molecule has 0 aliphatic rings. The first kappa shape index (κ1) is 12.0. The number of nitrogen functional groups attached to an aromatic ring is 1. The lowest BCUT2D eigenvalue weighted by Crippen LogP contribution is -2.05. The zero-order valence-corrected chi connectivity index (χ0v) is 10.1. The quantitative estimate of drug-likeness (QED) is 0.659. The van der Waals surface area contributed by atoms with Crippen LogP contribution in [0.4, 0.5) is 11.5 Å². The van der Waals surface area contributed by atoms with Crippen LogP contribution in [0.15, 0.2) is 24.3 Å². The van der Waals surface area contributed by atoms with E-state index >= 15 is 0 Å². The molecule has 1 aromatic carbocycles. The van der Waals surface area contributed by atoms with E-state index in [0.717, 1.165) is 5.69 Å². The molecule has 1 heterocycles. The van der Waals surface area contributed by atoms with Crippen LogP contribution in [0.5, 0.6) is 0 Å². The normalized spacial score (nSPS) is 10.8. The zero-order valence-electron chi connectivity index (χ0n) is 10.1. The van der Waals surface area contributed by atoms with Gasteiger partial charge in [-0.15, -0.1) is 5.10 Å². The molecule has 0 radical (unpaired) electrons.